The molecule has 1 unspecified atom stereocenters. The zero-order valence-electron chi connectivity index (χ0n) is 6.86. The van der Waals surface area contributed by atoms with Gasteiger partial charge in [-0.15, -0.1) is 0 Å². The van der Waals surface area contributed by atoms with Crippen molar-refractivity contribution >= 4 is 17.7 Å². The van der Waals surface area contributed by atoms with Gasteiger partial charge in [-0.25, -0.2) is 0 Å². The van der Waals surface area contributed by atoms with E-state index in [1.54, 1.807) is 0 Å². The summed E-state index contributed by atoms with van der Waals surface area (Å²) in [5.74, 6) is -2.87. The fourth-order valence-electron chi connectivity index (χ4n) is 1.11. The summed E-state index contributed by atoms with van der Waals surface area (Å²) in [5, 5.41) is 0. The van der Waals surface area contributed by atoms with E-state index >= 15 is 0 Å². The average molecular weight is 171 g/mol. The molecule has 0 aliphatic carbocycles. The number of nitrogens with zero attached hydrogens (tertiary/aromatic N) is 1. The van der Waals surface area contributed by atoms with Gasteiger partial charge in [0.1, 0.15) is 0 Å². The quantitative estimate of drug-likeness (QED) is 0.368. The highest BCUT2D eigenvalue weighted by molar-refractivity contribution is 6.21. The number of likely N-dealkylation sites (tertiary alicyclic amines) is 1. The third-order valence-electron chi connectivity index (χ3n) is 1.78. The average Bonchev–Trinajstić information content (AvgIpc) is 2.26. The van der Waals surface area contributed by atoms with E-state index in [0.29, 0.717) is 0 Å². The normalized spacial score (nSPS) is 23.2. The molecule has 66 valence electrons. The summed E-state index contributed by atoms with van der Waals surface area (Å²) in [6.07, 6.45) is 0. The number of methoxy groups -OCH3 is 1. The number of hydrogen-bond acceptors (Lipinski definition) is 4. The topological polar surface area (TPSA) is 63.7 Å². The van der Waals surface area contributed by atoms with Crippen molar-refractivity contribution in [1.82, 2.24) is 4.90 Å². The predicted octanol–water partition coefficient (Wildman–Crippen LogP) is -1.18. The molecule has 1 aliphatic heterocycles. The van der Waals surface area contributed by atoms with Crippen molar-refractivity contribution in [3.05, 3.63) is 0 Å². The molecule has 1 fully saturated rings. The Bertz CT molecular complexity index is 240. The minimum Gasteiger partial charge on any atom is -0.468 e. The van der Waals surface area contributed by atoms with Gasteiger partial charge in [-0.2, -0.15) is 0 Å². The lowest BCUT2D eigenvalue weighted by Gasteiger charge is -2.06. The van der Waals surface area contributed by atoms with Gasteiger partial charge in [0.05, 0.1) is 13.7 Å². The number of likely N-dealkylation sites (N-methyl/N-ethyl adjacent to an activating group) is 1. The number of carbonyl (C=O) groups excluding carboxylic acids is 3. The second-order valence-corrected chi connectivity index (χ2v) is 2.62. The minimum atomic E-state index is -1.22. The van der Waals surface area contributed by atoms with E-state index in [4.69, 9.17) is 0 Å². The number of hydrogen-bond donors (Lipinski definition) is 0. The van der Waals surface area contributed by atoms with Gasteiger partial charge in [0.2, 0.25) is 5.91 Å². The number of amides is 1. The molecule has 1 amide bonds. The Morgan fingerprint density at radius 2 is 2.17 bits per heavy atom. The lowest BCUT2D eigenvalue weighted by molar-refractivity contribution is -0.151. The maximum atomic E-state index is 11.1. The van der Waals surface area contributed by atoms with Crippen LogP contribution in [0.5, 0.6) is 0 Å². The molecule has 5 nitrogen and oxygen atoms in total. The van der Waals surface area contributed by atoms with Crippen LogP contribution in [0.1, 0.15) is 0 Å². The molecule has 0 aromatic rings. The molecule has 0 spiro atoms. The summed E-state index contributed by atoms with van der Waals surface area (Å²) < 4.78 is 4.32. The molecule has 1 heterocycles. The van der Waals surface area contributed by atoms with Crippen molar-refractivity contribution in [2.45, 2.75) is 0 Å². The van der Waals surface area contributed by atoms with E-state index < -0.39 is 23.6 Å². The van der Waals surface area contributed by atoms with Crippen LogP contribution in [0.15, 0.2) is 0 Å². The van der Waals surface area contributed by atoms with Crippen molar-refractivity contribution in [1.29, 1.82) is 0 Å². The molecule has 0 bridgehead atoms. The third kappa shape index (κ3) is 1.17. The molecule has 0 aromatic carbocycles. The number of ketones is 1. The van der Waals surface area contributed by atoms with E-state index in [9.17, 15) is 14.4 Å². The first-order valence-electron chi connectivity index (χ1n) is 3.43. The van der Waals surface area contributed by atoms with E-state index in [2.05, 4.69) is 4.74 Å². The molecule has 1 rings (SSSR count). The Kier molecular flexibility index (Phi) is 2.12. The first-order chi connectivity index (χ1) is 5.57. The fourth-order valence-corrected chi connectivity index (χ4v) is 1.11. The van der Waals surface area contributed by atoms with E-state index in [-0.39, 0.29) is 6.54 Å². The lowest BCUT2D eigenvalue weighted by atomic mass is 10.1. The van der Waals surface area contributed by atoms with Crippen LogP contribution in [0.3, 0.4) is 0 Å². The Balaban J connectivity index is 2.84. The molecule has 5 heteroatoms. The SMILES string of the molecule is COC(=O)C1C(=O)CN(C)C1=O. The number of ether oxygens (including phenoxy) is 1. The van der Waals surface area contributed by atoms with Crippen LogP contribution in [0.4, 0.5) is 0 Å². The zero-order chi connectivity index (χ0) is 9.30. The van der Waals surface area contributed by atoms with Gasteiger partial charge in [-0.3, -0.25) is 14.4 Å². The molecule has 1 atom stereocenters. The van der Waals surface area contributed by atoms with Crippen LogP contribution in [-0.2, 0) is 19.1 Å². The van der Waals surface area contributed by atoms with Crippen LogP contribution in [0, 0.1) is 5.92 Å². The van der Waals surface area contributed by atoms with Crippen molar-refractivity contribution in [3.63, 3.8) is 0 Å². The predicted molar refractivity (Wildman–Crippen MR) is 38.1 cm³/mol. The van der Waals surface area contributed by atoms with E-state index in [0.717, 1.165) is 7.11 Å². The molecule has 0 aromatic heterocycles. The standard InChI is InChI=1S/C7H9NO4/c1-8-3-4(9)5(6(8)10)7(11)12-2/h5H,3H2,1-2H3. The second kappa shape index (κ2) is 2.92. The zero-order valence-corrected chi connectivity index (χ0v) is 6.86. The highest BCUT2D eigenvalue weighted by Gasteiger charge is 2.43. The number of Topliss-reactive ketones (excluding diaryl/α,β-unsaturated/α-hetero) is 1. The molecule has 1 saturated heterocycles. The van der Waals surface area contributed by atoms with Crippen molar-refractivity contribution in [2.75, 3.05) is 20.7 Å². The third-order valence-corrected chi connectivity index (χ3v) is 1.78. The van der Waals surface area contributed by atoms with Crippen molar-refractivity contribution in [2.24, 2.45) is 5.92 Å². The summed E-state index contributed by atoms with van der Waals surface area (Å²) in [6, 6.07) is 0. The highest BCUT2D eigenvalue weighted by atomic mass is 16.5. The second-order valence-electron chi connectivity index (χ2n) is 2.62. The van der Waals surface area contributed by atoms with E-state index in [1.165, 1.54) is 11.9 Å². The van der Waals surface area contributed by atoms with Gasteiger partial charge in [-0.05, 0) is 0 Å². The smallest absolute Gasteiger partial charge is 0.325 e. The lowest BCUT2D eigenvalue weighted by Crippen LogP contribution is -2.29. The maximum Gasteiger partial charge on any atom is 0.325 e. The summed E-state index contributed by atoms with van der Waals surface area (Å²) >= 11 is 0. The van der Waals surface area contributed by atoms with Gasteiger partial charge in [0, 0.05) is 7.05 Å². The highest BCUT2D eigenvalue weighted by Crippen LogP contribution is 2.13. The van der Waals surface area contributed by atoms with Gasteiger partial charge in [-0.1, -0.05) is 0 Å². The summed E-state index contributed by atoms with van der Waals surface area (Å²) in [7, 11) is 2.63. The molecule has 12 heavy (non-hydrogen) atoms. The van der Waals surface area contributed by atoms with Gasteiger partial charge in [0.15, 0.2) is 11.7 Å². The van der Waals surface area contributed by atoms with Gasteiger partial charge < -0.3 is 9.64 Å². The molecule has 0 saturated carbocycles. The molecule has 0 N–H and O–H groups in total. The van der Waals surface area contributed by atoms with E-state index in [1.807, 2.05) is 0 Å². The van der Waals surface area contributed by atoms with Crippen LogP contribution >= 0.6 is 0 Å². The number of carbonyl (C=O) groups is 3. The fraction of sp³-hybridized carbons (Fsp3) is 0.571. The van der Waals surface area contributed by atoms with Crippen molar-refractivity contribution in [3.8, 4) is 0 Å². The monoisotopic (exact) mass is 171 g/mol. The summed E-state index contributed by atoms with van der Waals surface area (Å²) in [5.41, 5.74) is 0. The Labute approximate surface area is 69.3 Å². The van der Waals surface area contributed by atoms with Gasteiger partial charge in [0.25, 0.3) is 0 Å². The molecule has 1 aliphatic rings. The Hall–Kier alpha value is -1.39. The minimum absolute atomic E-state index is 0.00139. The largest absolute Gasteiger partial charge is 0.468 e. The number of esters is 1. The van der Waals surface area contributed by atoms with Crippen LogP contribution < -0.4 is 0 Å². The molecular formula is C7H9NO4. The first-order valence-corrected chi connectivity index (χ1v) is 3.43. The summed E-state index contributed by atoms with van der Waals surface area (Å²) in [4.78, 5) is 34.3. The van der Waals surface area contributed by atoms with Crippen LogP contribution in [0.2, 0.25) is 0 Å². The van der Waals surface area contributed by atoms with Crippen LogP contribution in [-0.4, -0.2) is 43.3 Å². The van der Waals surface area contributed by atoms with Gasteiger partial charge >= 0.3 is 5.97 Å². The summed E-state index contributed by atoms with van der Waals surface area (Å²) in [6.45, 7) is -0.00139. The Morgan fingerprint density at radius 3 is 2.50 bits per heavy atom. The molecule has 0 radical (unpaired) electrons. The van der Waals surface area contributed by atoms with Crippen LogP contribution in [0.25, 0.3) is 0 Å². The van der Waals surface area contributed by atoms with Crippen molar-refractivity contribution < 1.29 is 19.1 Å². The number of rotatable bonds is 1. The Morgan fingerprint density at radius 1 is 1.58 bits per heavy atom. The molecular weight excluding hydrogens is 162 g/mol. The maximum absolute atomic E-state index is 11.1. The first kappa shape index (κ1) is 8.70.